The van der Waals surface area contributed by atoms with Gasteiger partial charge in [-0.15, -0.1) is 0 Å². The number of benzene rings is 2. The number of halogens is 1. The smallest absolute Gasteiger partial charge is 0.255 e. The van der Waals surface area contributed by atoms with Gasteiger partial charge in [-0.05, 0) is 49.1 Å². The summed E-state index contributed by atoms with van der Waals surface area (Å²) in [5.41, 5.74) is 1.57. The highest BCUT2D eigenvalue weighted by Crippen LogP contribution is 2.21. The topological polar surface area (TPSA) is 70.7 Å². The maximum atomic E-state index is 12.9. The zero-order chi connectivity index (χ0) is 22.1. The molecular weight excluding hydrogens is 458 g/mol. The van der Waals surface area contributed by atoms with E-state index < -0.39 is 0 Å². The van der Waals surface area contributed by atoms with Crippen molar-refractivity contribution < 1.29 is 14.3 Å². The number of para-hydroxylation sites is 1. The first-order valence-electron chi connectivity index (χ1n) is 10.8. The fourth-order valence-corrected chi connectivity index (χ4v) is 4.04. The van der Waals surface area contributed by atoms with Crippen molar-refractivity contribution in [1.29, 1.82) is 0 Å². The highest BCUT2D eigenvalue weighted by molar-refractivity contribution is 9.10. The van der Waals surface area contributed by atoms with E-state index in [4.69, 9.17) is 4.74 Å². The molecule has 1 heterocycles. The number of rotatable bonds is 9. The molecule has 0 spiro atoms. The van der Waals surface area contributed by atoms with E-state index in [1.54, 1.807) is 6.07 Å². The van der Waals surface area contributed by atoms with Gasteiger partial charge in [0.1, 0.15) is 12.4 Å². The molecule has 2 N–H and O–H groups in total. The summed E-state index contributed by atoms with van der Waals surface area (Å²) in [6.07, 6.45) is 2.59. The number of carbonyl (C=O) groups excluding carboxylic acids is 2. The molecule has 2 aromatic carbocycles. The lowest BCUT2D eigenvalue weighted by Gasteiger charge is -2.32. The van der Waals surface area contributed by atoms with E-state index >= 15 is 0 Å². The molecule has 7 heteroatoms. The lowest BCUT2D eigenvalue weighted by atomic mass is 10.0. The van der Waals surface area contributed by atoms with Crippen molar-refractivity contribution in [1.82, 2.24) is 15.5 Å². The van der Waals surface area contributed by atoms with Crippen molar-refractivity contribution in [3.63, 3.8) is 0 Å². The summed E-state index contributed by atoms with van der Waals surface area (Å²) in [7, 11) is 0. The molecule has 2 amide bonds. The van der Waals surface area contributed by atoms with E-state index in [2.05, 4.69) is 31.5 Å². The minimum Gasteiger partial charge on any atom is -0.488 e. The first-order valence-corrected chi connectivity index (χ1v) is 11.6. The van der Waals surface area contributed by atoms with Crippen LogP contribution in [0.15, 0.2) is 53.0 Å². The van der Waals surface area contributed by atoms with Gasteiger partial charge in [0.25, 0.3) is 5.91 Å². The monoisotopic (exact) mass is 487 g/mol. The van der Waals surface area contributed by atoms with Gasteiger partial charge < -0.3 is 15.4 Å². The van der Waals surface area contributed by atoms with E-state index in [1.165, 1.54) is 0 Å². The van der Waals surface area contributed by atoms with Crippen LogP contribution < -0.4 is 15.4 Å². The van der Waals surface area contributed by atoms with Crippen molar-refractivity contribution in [3.05, 3.63) is 64.1 Å². The zero-order valence-corrected chi connectivity index (χ0v) is 19.5. The Morgan fingerprint density at radius 2 is 1.90 bits per heavy atom. The number of carbonyl (C=O) groups is 2. The second-order valence-corrected chi connectivity index (χ2v) is 8.70. The standard InChI is InChI=1S/C24H30BrN3O3/c1-2-12-26-23(29)16-28-13-10-20(11-14-28)27-24(30)21-8-3-4-9-22(21)31-17-18-6-5-7-19(25)15-18/h3-9,15,20H,2,10-14,16-17H2,1H3,(H,26,29)(H,27,30). The molecule has 0 bridgehead atoms. The number of piperidine rings is 1. The van der Waals surface area contributed by atoms with Crippen molar-refractivity contribution in [2.75, 3.05) is 26.2 Å². The molecule has 1 aliphatic rings. The van der Waals surface area contributed by atoms with Crippen molar-refractivity contribution in [2.24, 2.45) is 0 Å². The third kappa shape index (κ3) is 7.36. The summed E-state index contributed by atoms with van der Waals surface area (Å²) in [6.45, 7) is 5.17. The van der Waals surface area contributed by atoms with Crippen molar-refractivity contribution in [2.45, 2.75) is 38.8 Å². The fourth-order valence-electron chi connectivity index (χ4n) is 3.59. The summed E-state index contributed by atoms with van der Waals surface area (Å²) < 4.78 is 6.94. The molecular formula is C24H30BrN3O3. The number of nitrogens with one attached hydrogen (secondary N) is 2. The van der Waals surface area contributed by atoms with E-state index in [0.717, 1.165) is 42.4 Å². The quantitative estimate of drug-likeness (QED) is 0.564. The molecule has 3 rings (SSSR count). The molecule has 2 aromatic rings. The third-order valence-electron chi connectivity index (χ3n) is 5.28. The van der Waals surface area contributed by atoms with Crippen LogP contribution in [0.4, 0.5) is 0 Å². The first-order chi connectivity index (χ1) is 15.0. The fraction of sp³-hybridized carbons (Fsp3) is 0.417. The Morgan fingerprint density at radius 3 is 2.65 bits per heavy atom. The van der Waals surface area contributed by atoms with E-state index in [-0.39, 0.29) is 17.9 Å². The van der Waals surface area contributed by atoms with Crippen LogP contribution in [0.5, 0.6) is 5.75 Å². The van der Waals surface area contributed by atoms with Gasteiger partial charge in [0.2, 0.25) is 5.91 Å². The largest absolute Gasteiger partial charge is 0.488 e. The van der Waals surface area contributed by atoms with Gasteiger partial charge in [0.15, 0.2) is 0 Å². The van der Waals surface area contributed by atoms with Crippen LogP contribution >= 0.6 is 15.9 Å². The lowest BCUT2D eigenvalue weighted by Crippen LogP contribution is -2.47. The second-order valence-electron chi connectivity index (χ2n) is 7.79. The molecule has 1 aliphatic heterocycles. The Hall–Kier alpha value is -2.38. The van der Waals surface area contributed by atoms with E-state index in [1.807, 2.05) is 49.4 Å². The third-order valence-corrected chi connectivity index (χ3v) is 5.77. The van der Waals surface area contributed by atoms with Gasteiger partial charge in [-0.3, -0.25) is 14.5 Å². The maximum Gasteiger partial charge on any atom is 0.255 e. The summed E-state index contributed by atoms with van der Waals surface area (Å²) in [4.78, 5) is 26.9. The molecule has 0 unspecified atom stereocenters. The van der Waals surface area contributed by atoms with Gasteiger partial charge in [0.05, 0.1) is 12.1 Å². The number of amides is 2. The molecule has 166 valence electrons. The summed E-state index contributed by atoms with van der Waals surface area (Å²) in [6, 6.07) is 15.3. The molecule has 0 aliphatic carbocycles. The number of hydrogen-bond acceptors (Lipinski definition) is 4. The van der Waals surface area contributed by atoms with Crippen molar-refractivity contribution >= 4 is 27.7 Å². The molecule has 0 atom stereocenters. The van der Waals surface area contributed by atoms with E-state index in [0.29, 0.717) is 31.0 Å². The highest BCUT2D eigenvalue weighted by atomic mass is 79.9. The predicted molar refractivity (Wildman–Crippen MR) is 125 cm³/mol. The molecule has 1 fully saturated rings. The molecule has 31 heavy (non-hydrogen) atoms. The number of likely N-dealkylation sites (tertiary alicyclic amines) is 1. The first kappa shape index (κ1) is 23.3. The van der Waals surface area contributed by atoms with Crippen LogP contribution in [0.3, 0.4) is 0 Å². The second kappa shape index (κ2) is 11.9. The van der Waals surface area contributed by atoms with Crippen LogP contribution in [-0.4, -0.2) is 48.9 Å². The molecule has 0 aromatic heterocycles. The Labute approximate surface area is 192 Å². The van der Waals surface area contributed by atoms with Crippen LogP contribution in [0.2, 0.25) is 0 Å². The van der Waals surface area contributed by atoms with Gasteiger partial charge in [0, 0.05) is 30.1 Å². The highest BCUT2D eigenvalue weighted by Gasteiger charge is 2.23. The summed E-state index contributed by atoms with van der Waals surface area (Å²) in [5.74, 6) is 0.523. The number of ether oxygens (including phenoxy) is 1. The number of nitrogens with zero attached hydrogens (tertiary/aromatic N) is 1. The summed E-state index contributed by atoms with van der Waals surface area (Å²) in [5, 5.41) is 6.05. The van der Waals surface area contributed by atoms with Crippen LogP contribution in [0.1, 0.15) is 42.1 Å². The van der Waals surface area contributed by atoms with E-state index in [9.17, 15) is 9.59 Å². The SMILES string of the molecule is CCCNC(=O)CN1CCC(NC(=O)c2ccccc2OCc2cccc(Br)c2)CC1. The van der Waals surface area contributed by atoms with Gasteiger partial charge in [-0.1, -0.05) is 47.1 Å². The maximum absolute atomic E-state index is 12.9. The zero-order valence-electron chi connectivity index (χ0n) is 17.9. The average Bonchev–Trinajstić information content (AvgIpc) is 2.78. The normalized spacial score (nSPS) is 14.8. The van der Waals surface area contributed by atoms with Crippen LogP contribution in [0.25, 0.3) is 0 Å². The Kier molecular flexibility index (Phi) is 8.91. The Balaban J connectivity index is 1.50. The molecule has 0 radical (unpaired) electrons. The Bertz CT molecular complexity index is 882. The van der Waals surface area contributed by atoms with Crippen molar-refractivity contribution in [3.8, 4) is 5.75 Å². The Morgan fingerprint density at radius 1 is 1.13 bits per heavy atom. The van der Waals surface area contributed by atoms with Crippen LogP contribution in [-0.2, 0) is 11.4 Å². The average molecular weight is 488 g/mol. The molecule has 6 nitrogen and oxygen atoms in total. The summed E-state index contributed by atoms with van der Waals surface area (Å²) >= 11 is 3.46. The van der Waals surface area contributed by atoms with Gasteiger partial charge in [-0.2, -0.15) is 0 Å². The lowest BCUT2D eigenvalue weighted by molar-refractivity contribution is -0.122. The predicted octanol–water partition coefficient (Wildman–Crippen LogP) is 3.75. The van der Waals surface area contributed by atoms with Crippen LogP contribution in [0, 0.1) is 0 Å². The molecule has 0 saturated carbocycles. The van der Waals surface area contributed by atoms with Gasteiger partial charge >= 0.3 is 0 Å². The number of hydrogen-bond donors (Lipinski definition) is 2. The van der Waals surface area contributed by atoms with Gasteiger partial charge in [-0.25, -0.2) is 0 Å². The molecule has 1 saturated heterocycles. The minimum absolute atomic E-state index is 0.0702. The minimum atomic E-state index is -0.121.